The predicted octanol–water partition coefficient (Wildman–Crippen LogP) is 3.58. The van der Waals surface area contributed by atoms with E-state index in [1.54, 1.807) is 0 Å². The third-order valence-corrected chi connectivity index (χ3v) is 5.59. The largest absolute Gasteiger partial charge is 0.490 e. The molecule has 38 heavy (non-hydrogen) atoms. The number of amides is 2. The van der Waals surface area contributed by atoms with E-state index in [0.29, 0.717) is 12.1 Å². The highest BCUT2D eigenvalue weighted by Crippen LogP contribution is 2.39. The van der Waals surface area contributed by atoms with Gasteiger partial charge in [-0.25, -0.2) is 4.79 Å². The smallest absolute Gasteiger partial charge is 0.437 e. The molecule has 204 valence electrons. The number of fused-ring (bicyclic) bond motifs is 2. The van der Waals surface area contributed by atoms with Gasteiger partial charge < -0.3 is 15.0 Å². The van der Waals surface area contributed by atoms with E-state index >= 15 is 0 Å². The molecule has 0 saturated carbocycles. The van der Waals surface area contributed by atoms with Crippen molar-refractivity contribution in [2.24, 2.45) is 0 Å². The molecule has 2 aliphatic rings. The van der Waals surface area contributed by atoms with Gasteiger partial charge in [0.05, 0.1) is 34.3 Å². The summed E-state index contributed by atoms with van der Waals surface area (Å²) in [6, 6.07) is -0.252. The molecular formula is C21H13F9N4O4. The molecule has 1 aromatic carbocycles. The zero-order valence-electron chi connectivity index (χ0n) is 18.4. The summed E-state index contributed by atoms with van der Waals surface area (Å²) in [5.41, 5.74) is -5.13. The average molecular weight is 556 g/mol. The van der Waals surface area contributed by atoms with Crippen LogP contribution in [0.15, 0.2) is 30.5 Å². The first-order chi connectivity index (χ1) is 17.5. The normalized spacial score (nSPS) is 20.3. The Morgan fingerprint density at radius 2 is 1.55 bits per heavy atom. The number of anilines is 1. The average Bonchev–Trinajstić information content (AvgIpc) is 2.91. The van der Waals surface area contributed by atoms with Crippen molar-refractivity contribution in [3.63, 3.8) is 0 Å². The first-order valence-electron chi connectivity index (χ1n) is 10.4. The standard InChI is InChI=1S/C21H13F9N4O4/c22-19(23,24)9-3-8(4-10(5-9)20(25,26)27)12-6-11-13(7-32-12)33-15(35)14-16(38-18(37)21(28,29)30)31-1-2-34(14)17(11)36/h3-7,14,16,31H,1-2H2,(H,33,35)/t14-,16?/m1/s1. The first kappa shape index (κ1) is 27.2. The Labute approximate surface area is 205 Å². The van der Waals surface area contributed by atoms with E-state index < -0.39 is 76.5 Å². The molecule has 1 aromatic heterocycles. The van der Waals surface area contributed by atoms with Crippen molar-refractivity contribution in [1.29, 1.82) is 0 Å². The van der Waals surface area contributed by atoms with E-state index in [2.05, 4.69) is 20.4 Å². The van der Waals surface area contributed by atoms with Crippen LogP contribution in [0.1, 0.15) is 21.5 Å². The molecule has 2 atom stereocenters. The summed E-state index contributed by atoms with van der Waals surface area (Å²) in [7, 11) is 0. The van der Waals surface area contributed by atoms with Crippen LogP contribution in [-0.2, 0) is 26.7 Å². The van der Waals surface area contributed by atoms with Gasteiger partial charge in [0.15, 0.2) is 12.3 Å². The maximum absolute atomic E-state index is 13.3. The molecule has 0 aliphatic carbocycles. The van der Waals surface area contributed by atoms with Crippen LogP contribution in [0.3, 0.4) is 0 Å². The molecule has 8 nitrogen and oxygen atoms in total. The van der Waals surface area contributed by atoms with Crippen LogP contribution in [0, 0.1) is 0 Å². The molecule has 1 fully saturated rings. The number of esters is 1. The molecule has 0 bridgehead atoms. The Morgan fingerprint density at radius 3 is 2.11 bits per heavy atom. The summed E-state index contributed by atoms with van der Waals surface area (Å²) < 4.78 is 122. The van der Waals surface area contributed by atoms with Crippen molar-refractivity contribution in [2.75, 3.05) is 18.4 Å². The van der Waals surface area contributed by atoms with Crippen molar-refractivity contribution in [2.45, 2.75) is 30.8 Å². The molecule has 2 aromatic rings. The topological polar surface area (TPSA) is 101 Å². The summed E-state index contributed by atoms with van der Waals surface area (Å²) in [6.45, 7) is -0.489. The molecule has 1 unspecified atom stereocenters. The monoisotopic (exact) mass is 556 g/mol. The van der Waals surface area contributed by atoms with Crippen molar-refractivity contribution in [3.05, 3.63) is 47.2 Å². The fraction of sp³-hybridized carbons (Fsp3) is 0.333. The van der Waals surface area contributed by atoms with Crippen LogP contribution in [-0.4, -0.2) is 59.2 Å². The molecule has 17 heteroatoms. The lowest BCUT2D eigenvalue weighted by atomic mass is 10.0. The van der Waals surface area contributed by atoms with E-state index in [4.69, 9.17) is 0 Å². The van der Waals surface area contributed by atoms with Gasteiger partial charge in [0.2, 0.25) is 0 Å². The van der Waals surface area contributed by atoms with Gasteiger partial charge in [0.25, 0.3) is 11.8 Å². The number of nitrogens with one attached hydrogen (secondary N) is 2. The number of benzene rings is 1. The third kappa shape index (κ3) is 5.23. The quantitative estimate of drug-likeness (QED) is 0.434. The number of rotatable bonds is 2. The van der Waals surface area contributed by atoms with Gasteiger partial charge in [-0.3, -0.25) is 19.9 Å². The van der Waals surface area contributed by atoms with Crippen LogP contribution in [0.25, 0.3) is 11.3 Å². The Hall–Kier alpha value is -3.89. The number of piperazine rings is 1. The Morgan fingerprint density at radius 1 is 0.947 bits per heavy atom. The SMILES string of the molecule is O=C1Nc2cnc(-c3cc(C(F)(F)F)cc(C(F)(F)F)c3)cc2C(=O)N2CCNC(OC(=O)C(F)(F)F)[C@@H]12. The van der Waals surface area contributed by atoms with Crippen molar-refractivity contribution >= 4 is 23.5 Å². The Balaban J connectivity index is 1.75. The molecule has 1 saturated heterocycles. The Kier molecular flexibility index (Phi) is 6.53. The van der Waals surface area contributed by atoms with Crippen molar-refractivity contribution in [3.8, 4) is 11.3 Å². The van der Waals surface area contributed by atoms with Gasteiger partial charge in [-0.2, -0.15) is 39.5 Å². The second-order valence-electron chi connectivity index (χ2n) is 8.12. The maximum atomic E-state index is 13.3. The van der Waals surface area contributed by atoms with Gasteiger partial charge >= 0.3 is 24.5 Å². The summed E-state index contributed by atoms with van der Waals surface area (Å²) >= 11 is 0. The van der Waals surface area contributed by atoms with Gasteiger partial charge in [-0.1, -0.05) is 0 Å². The predicted molar refractivity (Wildman–Crippen MR) is 107 cm³/mol. The number of carbonyl (C=O) groups excluding carboxylic acids is 3. The molecule has 3 heterocycles. The van der Waals surface area contributed by atoms with E-state index in [0.717, 1.165) is 17.2 Å². The number of hydrogen-bond donors (Lipinski definition) is 2. The lowest BCUT2D eigenvalue weighted by Crippen LogP contribution is -2.64. The zero-order valence-corrected chi connectivity index (χ0v) is 18.4. The number of alkyl halides is 9. The van der Waals surface area contributed by atoms with E-state index in [9.17, 15) is 53.9 Å². The van der Waals surface area contributed by atoms with E-state index in [1.807, 2.05) is 0 Å². The van der Waals surface area contributed by atoms with Crippen molar-refractivity contribution in [1.82, 2.24) is 15.2 Å². The first-order valence-corrected chi connectivity index (χ1v) is 10.4. The van der Waals surface area contributed by atoms with E-state index in [1.165, 1.54) is 0 Å². The molecule has 0 radical (unpaired) electrons. The molecule has 2 aliphatic heterocycles. The van der Waals surface area contributed by atoms with Gasteiger partial charge in [0, 0.05) is 18.7 Å². The van der Waals surface area contributed by atoms with Crippen LogP contribution in [0.5, 0.6) is 0 Å². The minimum absolute atomic E-state index is 0.0912. The maximum Gasteiger partial charge on any atom is 0.490 e. The highest BCUT2D eigenvalue weighted by atomic mass is 19.4. The highest BCUT2D eigenvalue weighted by molar-refractivity contribution is 6.10. The fourth-order valence-electron chi connectivity index (χ4n) is 3.89. The molecular weight excluding hydrogens is 543 g/mol. The minimum Gasteiger partial charge on any atom is -0.437 e. The minimum atomic E-state index is -5.41. The zero-order chi connectivity index (χ0) is 28.2. The highest BCUT2D eigenvalue weighted by Gasteiger charge is 2.49. The molecule has 2 N–H and O–H groups in total. The van der Waals surface area contributed by atoms with Crippen LogP contribution in [0.2, 0.25) is 0 Å². The van der Waals surface area contributed by atoms with Crippen LogP contribution >= 0.6 is 0 Å². The third-order valence-electron chi connectivity index (χ3n) is 5.59. The lowest BCUT2D eigenvalue weighted by Gasteiger charge is -2.38. The van der Waals surface area contributed by atoms with Gasteiger partial charge in [-0.15, -0.1) is 0 Å². The summed E-state index contributed by atoms with van der Waals surface area (Å²) in [5.74, 6) is -4.74. The Bertz CT molecular complexity index is 1270. The number of hydrogen-bond acceptors (Lipinski definition) is 6. The molecule has 4 rings (SSSR count). The van der Waals surface area contributed by atoms with Gasteiger partial charge in [0.1, 0.15) is 0 Å². The number of carbonyl (C=O) groups is 3. The second-order valence-corrected chi connectivity index (χ2v) is 8.12. The number of aromatic nitrogens is 1. The number of ether oxygens (including phenoxy) is 1. The van der Waals surface area contributed by atoms with E-state index in [-0.39, 0.29) is 24.8 Å². The summed E-state index contributed by atoms with van der Waals surface area (Å²) in [4.78, 5) is 41.8. The second kappa shape index (κ2) is 9.14. The molecule has 2 amide bonds. The van der Waals surface area contributed by atoms with Crippen LogP contribution < -0.4 is 10.6 Å². The molecule has 0 spiro atoms. The summed E-state index contributed by atoms with van der Waals surface area (Å²) in [5, 5.41) is 4.59. The number of halogens is 9. The lowest BCUT2D eigenvalue weighted by molar-refractivity contribution is -0.210. The fourth-order valence-corrected chi connectivity index (χ4v) is 3.89. The van der Waals surface area contributed by atoms with Crippen LogP contribution in [0.4, 0.5) is 45.2 Å². The number of pyridine rings is 1. The summed E-state index contributed by atoms with van der Waals surface area (Å²) in [6.07, 6.45) is -16.8. The van der Waals surface area contributed by atoms with Crippen molar-refractivity contribution < 1.29 is 58.6 Å². The van der Waals surface area contributed by atoms with Gasteiger partial charge in [-0.05, 0) is 24.3 Å². The number of nitrogens with zero attached hydrogens (tertiary/aromatic N) is 2.